The molecular formula is C17H17N3O5S2. The maximum absolute atomic E-state index is 12.3. The number of thiazole rings is 1. The molecule has 2 N–H and O–H groups in total. The number of nitrogens with zero attached hydrogens (tertiary/aromatic N) is 1. The van der Waals surface area contributed by atoms with Crippen molar-refractivity contribution in [1.82, 2.24) is 9.71 Å². The molecule has 1 atom stereocenters. The van der Waals surface area contributed by atoms with Gasteiger partial charge in [-0.2, -0.15) is 0 Å². The summed E-state index contributed by atoms with van der Waals surface area (Å²) in [5.74, 6) is -0.665. The Morgan fingerprint density at radius 3 is 2.89 bits per heavy atom. The van der Waals surface area contributed by atoms with Crippen LogP contribution in [0.2, 0.25) is 0 Å². The average molecular weight is 407 g/mol. The number of hydrogen-bond acceptors (Lipinski definition) is 7. The van der Waals surface area contributed by atoms with Crippen LogP contribution in [-0.2, 0) is 14.8 Å². The Bertz CT molecular complexity index is 1030. The first-order valence-electron chi connectivity index (χ1n) is 8.39. The molecule has 142 valence electrons. The molecule has 0 aliphatic carbocycles. The molecule has 1 aliphatic rings. The molecule has 1 saturated heterocycles. The smallest absolute Gasteiger partial charge is 0.293 e. The predicted octanol–water partition coefficient (Wildman–Crippen LogP) is 2.60. The number of carbonyl (C=O) groups is 1. The number of aromatic nitrogens is 1. The minimum atomic E-state index is -3.84. The largest absolute Gasteiger partial charge is 0.438 e. The number of benzene rings is 1. The van der Waals surface area contributed by atoms with Crippen molar-refractivity contribution in [3.8, 4) is 0 Å². The Labute approximate surface area is 159 Å². The Balaban J connectivity index is 1.43. The van der Waals surface area contributed by atoms with Crippen LogP contribution in [0.3, 0.4) is 0 Å². The van der Waals surface area contributed by atoms with Crippen LogP contribution in [-0.4, -0.2) is 38.6 Å². The number of fused-ring (bicyclic) bond motifs is 1. The number of furan rings is 1. The zero-order valence-corrected chi connectivity index (χ0v) is 15.8. The molecule has 1 aliphatic heterocycles. The van der Waals surface area contributed by atoms with Crippen molar-refractivity contribution in [2.45, 2.75) is 24.0 Å². The fourth-order valence-electron chi connectivity index (χ4n) is 2.75. The first-order valence-corrected chi connectivity index (χ1v) is 10.7. The van der Waals surface area contributed by atoms with Gasteiger partial charge in [0.2, 0.25) is 5.09 Å². The summed E-state index contributed by atoms with van der Waals surface area (Å²) >= 11 is 1.33. The van der Waals surface area contributed by atoms with Crippen molar-refractivity contribution in [2.75, 3.05) is 18.5 Å². The first kappa shape index (κ1) is 18.1. The standard InChI is InChI=1S/C17H17N3O5S2/c21-16(20-17-19-12-5-1-2-6-14(12)26-17)13-7-8-15(25-13)27(22,23)18-10-11-4-3-9-24-11/h1-2,5-8,11,18H,3-4,9-10H2,(H,19,20,21). The number of nitrogens with one attached hydrogen (secondary N) is 2. The van der Waals surface area contributed by atoms with Gasteiger partial charge in [0, 0.05) is 13.2 Å². The minimum Gasteiger partial charge on any atom is -0.438 e. The maximum Gasteiger partial charge on any atom is 0.293 e. The van der Waals surface area contributed by atoms with E-state index < -0.39 is 15.9 Å². The van der Waals surface area contributed by atoms with Crippen molar-refractivity contribution in [2.24, 2.45) is 0 Å². The monoisotopic (exact) mass is 407 g/mol. The molecule has 10 heteroatoms. The number of carbonyl (C=O) groups excluding carboxylic acids is 1. The molecule has 3 heterocycles. The fraction of sp³-hybridized carbons (Fsp3) is 0.294. The molecular weight excluding hydrogens is 390 g/mol. The molecule has 1 unspecified atom stereocenters. The second-order valence-electron chi connectivity index (χ2n) is 6.05. The SMILES string of the molecule is O=C(Nc1nc2ccccc2s1)c1ccc(S(=O)(=O)NCC2CCCO2)o1. The highest BCUT2D eigenvalue weighted by atomic mass is 32.2. The summed E-state index contributed by atoms with van der Waals surface area (Å²) < 4.78 is 38.6. The van der Waals surface area contributed by atoms with Crippen LogP contribution in [0.25, 0.3) is 10.2 Å². The Hall–Kier alpha value is -2.27. The number of amides is 1. The topological polar surface area (TPSA) is 111 Å². The minimum absolute atomic E-state index is 0.105. The molecule has 27 heavy (non-hydrogen) atoms. The first-order chi connectivity index (χ1) is 13.0. The predicted molar refractivity (Wildman–Crippen MR) is 100 cm³/mol. The summed E-state index contributed by atoms with van der Waals surface area (Å²) in [6.07, 6.45) is 1.61. The lowest BCUT2D eigenvalue weighted by atomic mass is 10.2. The van der Waals surface area contributed by atoms with Gasteiger partial charge in [-0.25, -0.2) is 18.1 Å². The van der Waals surface area contributed by atoms with Gasteiger partial charge >= 0.3 is 0 Å². The van der Waals surface area contributed by atoms with Gasteiger partial charge in [0.05, 0.1) is 16.3 Å². The van der Waals surface area contributed by atoms with Crippen LogP contribution in [0.15, 0.2) is 45.9 Å². The lowest BCUT2D eigenvalue weighted by Gasteiger charge is -2.09. The summed E-state index contributed by atoms with van der Waals surface area (Å²) in [5, 5.41) is 2.73. The van der Waals surface area contributed by atoms with Gasteiger partial charge in [-0.3, -0.25) is 10.1 Å². The summed E-state index contributed by atoms with van der Waals surface area (Å²) in [7, 11) is -3.84. The van der Waals surface area contributed by atoms with E-state index in [1.165, 1.54) is 23.5 Å². The normalized spacial score (nSPS) is 17.4. The van der Waals surface area contributed by atoms with Gasteiger partial charge in [0.15, 0.2) is 10.9 Å². The van der Waals surface area contributed by atoms with Crippen molar-refractivity contribution in [1.29, 1.82) is 0 Å². The number of rotatable bonds is 6. The maximum atomic E-state index is 12.3. The number of sulfonamides is 1. The molecule has 1 aromatic carbocycles. The molecule has 0 bridgehead atoms. The molecule has 1 fully saturated rings. The molecule has 3 aromatic rings. The van der Waals surface area contributed by atoms with E-state index in [2.05, 4.69) is 15.0 Å². The average Bonchev–Trinajstić information content (AvgIpc) is 3.38. The second-order valence-corrected chi connectivity index (χ2v) is 8.78. The lowest BCUT2D eigenvalue weighted by Crippen LogP contribution is -2.31. The van der Waals surface area contributed by atoms with E-state index in [0.29, 0.717) is 11.7 Å². The number of ether oxygens (including phenoxy) is 1. The third-order valence-corrected chi connectivity index (χ3v) is 6.36. The van der Waals surface area contributed by atoms with E-state index in [1.807, 2.05) is 24.3 Å². The van der Waals surface area contributed by atoms with Crippen LogP contribution in [0, 0.1) is 0 Å². The van der Waals surface area contributed by atoms with E-state index >= 15 is 0 Å². The molecule has 1 amide bonds. The van der Waals surface area contributed by atoms with Gasteiger partial charge in [0.25, 0.3) is 15.9 Å². The number of hydrogen-bond donors (Lipinski definition) is 2. The van der Waals surface area contributed by atoms with Gasteiger partial charge in [0.1, 0.15) is 0 Å². The van der Waals surface area contributed by atoms with Crippen LogP contribution in [0.5, 0.6) is 0 Å². The van der Waals surface area contributed by atoms with E-state index in [1.54, 1.807) is 0 Å². The molecule has 0 spiro atoms. The highest BCUT2D eigenvalue weighted by Crippen LogP contribution is 2.26. The van der Waals surface area contributed by atoms with Crippen LogP contribution in [0.4, 0.5) is 5.13 Å². The molecule has 0 radical (unpaired) electrons. The summed E-state index contributed by atoms with van der Waals surface area (Å²) in [5.41, 5.74) is 0.777. The highest BCUT2D eigenvalue weighted by Gasteiger charge is 2.24. The molecule has 4 rings (SSSR count). The van der Waals surface area contributed by atoms with Gasteiger partial charge in [-0.05, 0) is 37.1 Å². The Morgan fingerprint density at radius 1 is 1.26 bits per heavy atom. The Kier molecular flexibility index (Phi) is 4.96. The van der Waals surface area contributed by atoms with Crippen LogP contribution >= 0.6 is 11.3 Å². The second kappa shape index (κ2) is 7.39. The van der Waals surface area contributed by atoms with Gasteiger partial charge in [-0.15, -0.1) is 0 Å². The quantitative estimate of drug-likeness (QED) is 0.650. The third kappa shape index (κ3) is 4.03. The van der Waals surface area contributed by atoms with Gasteiger partial charge < -0.3 is 9.15 Å². The van der Waals surface area contributed by atoms with Crippen molar-refractivity contribution in [3.63, 3.8) is 0 Å². The summed E-state index contributed by atoms with van der Waals surface area (Å²) in [6.45, 7) is 0.819. The third-order valence-electron chi connectivity index (χ3n) is 4.11. The van der Waals surface area contributed by atoms with E-state index in [0.717, 1.165) is 23.1 Å². The molecule has 0 saturated carbocycles. The highest BCUT2D eigenvalue weighted by molar-refractivity contribution is 7.89. The van der Waals surface area contributed by atoms with E-state index in [-0.39, 0.29) is 23.5 Å². The van der Waals surface area contributed by atoms with E-state index in [9.17, 15) is 13.2 Å². The van der Waals surface area contributed by atoms with Gasteiger partial charge in [-0.1, -0.05) is 23.5 Å². The van der Waals surface area contributed by atoms with Crippen LogP contribution < -0.4 is 10.0 Å². The summed E-state index contributed by atoms with van der Waals surface area (Å²) in [6, 6.07) is 10.1. The fourth-order valence-corrected chi connectivity index (χ4v) is 4.61. The molecule has 8 nitrogen and oxygen atoms in total. The lowest BCUT2D eigenvalue weighted by molar-refractivity contribution is 0.0991. The zero-order valence-electron chi connectivity index (χ0n) is 14.2. The van der Waals surface area contributed by atoms with Crippen LogP contribution in [0.1, 0.15) is 23.4 Å². The van der Waals surface area contributed by atoms with Crippen molar-refractivity contribution < 1.29 is 22.4 Å². The number of para-hydroxylation sites is 1. The molecule has 2 aromatic heterocycles. The number of anilines is 1. The van der Waals surface area contributed by atoms with Crippen molar-refractivity contribution >= 4 is 42.6 Å². The zero-order chi connectivity index (χ0) is 18.9. The Morgan fingerprint density at radius 2 is 2.11 bits per heavy atom. The summed E-state index contributed by atoms with van der Waals surface area (Å²) in [4.78, 5) is 16.6. The van der Waals surface area contributed by atoms with E-state index in [4.69, 9.17) is 9.15 Å². The van der Waals surface area contributed by atoms with Crippen molar-refractivity contribution in [3.05, 3.63) is 42.2 Å².